The Morgan fingerprint density at radius 3 is 2.00 bits per heavy atom. The van der Waals surface area contributed by atoms with Crippen LogP contribution in [0.5, 0.6) is 5.75 Å². The third kappa shape index (κ3) is 2.63. The van der Waals surface area contributed by atoms with Gasteiger partial charge in [0.05, 0.1) is 15.1 Å². The fourth-order valence-corrected chi connectivity index (χ4v) is 2.22. The molecule has 0 unspecified atom stereocenters. The molecular formula is C12H6Cl4O. The Hall–Kier alpha value is -0.600. The van der Waals surface area contributed by atoms with Crippen molar-refractivity contribution in [2.24, 2.45) is 0 Å². The zero-order valence-electron chi connectivity index (χ0n) is 8.35. The van der Waals surface area contributed by atoms with Crippen LogP contribution in [0.2, 0.25) is 20.1 Å². The van der Waals surface area contributed by atoms with Crippen LogP contribution in [-0.2, 0) is 0 Å². The van der Waals surface area contributed by atoms with Gasteiger partial charge in [-0.2, -0.15) is 0 Å². The van der Waals surface area contributed by atoms with E-state index in [1.165, 1.54) is 6.07 Å². The van der Waals surface area contributed by atoms with Gasteiger partial charge in [-0.15, -0.1) is 0 Å². The van der Waals surface area contributed by atoms with Crippen molar-refractivity contribution in [3.63, 3.8) is 0 Å². The molecule has 2 aromatic carbocycles. The van der Waals surface area contributed by atoms with Crippen LogP contribution in [0.15, 0.2) is 30.3 Å². The molecule has 0 spiro atoms. The number of halogens is 4. The summed E-state index contributed by atoms with van der Waals surface area (Å²) in [5.41, 5.74) is 1.21. The second-order valence-corrected chi connectivity index (χ2v) is 5.04. The highest BCUT2D eigenvalue weighted by Gasteiger charge is 2.10. The average Bonchev–Trinajstić information content (AvgIpc) is 2.28. The minimum absolute atomic E-state index is 0.101. The Bertz CT molecular complexity index is 558. The second kappa shape index (κ2) is 4.95. The van der Waals surface area contributed by atoms with Crippen LogP contribution < -0.4 is 0 Å². The predicted octanol–water partition coefficient (Wildman–Crippen LogP) is 5.67. The van der Waals surface area contributed by atoms with Crippen LogP contribution in [0.1, 0.15) is 0 Å². The van der Waals surface area contributed by atoms with Crippen LogP contribution in [0.3, 0.4) is 0 Å². The minimum Gasteiger partial charge on any atom is -0.507 e. The van der Waals surface area contributed by atoms with Crippen molar-refractivity contribution in [2.45, 2.75) is 0 Å². The molecule has 0 saturated carbocycles. The molecule has 1 N–H and O–H groups in total. The summed E-state index contributed by atoms with van der Waals surface area (Å²) in [5.74, 6) is 0.101. The lowest BCUT2D eigenvalue weighted by Crippen LogP contribution is -1.82. The molecule has 0 radical (unpaired) electrons. The van der Waals surface area contributed by atoms with E-state index in [1.54, 1.807) is 24.3 Å². The SMILES string of the molecule is Oc1ccc(Cl)cc1-c1cc(Cl)c(Cl)c(Cl)c1. The molecule has 2 aromatic rings. The summed E-state index contributed by atoms with van der Waals surface area (Å²) >= 11 is 23.6. The molecule has 5 heteroatoms. The largest absolute Gasteiger partial charge is 0.507 e. The van der Waals surface area contributed by atoms with Crippen LogP contribution in [-0.4, -0.2) is 5.11 Å². The van der Waals surface area contributed by atoms with Gasteiger partial charge in [0.1, 0.15) is 5.75 Å². The Morgan fingerprint density at radius 2 is 1.41 bits per heavy atom. The first-order valence-corrected chi connectivity index (χ1v) is 6.13. The summed E-state index contributed by atoms with van der Waals surface area (Å²) in [6.45, 7) is 0. The predicted molar refractivity (Wildman–Crippen MR) is 73.6 cm³/mol. The van der Waals surface area contributed by atoms with Gasteiger partial charge in [-0.1, -0.05) is 46.4 Å². The molecule has 88 valence electrons. The lowest BCUT2D eigenvalue weighted by Gasteiger charge is -2.08. The lowest BCUT2D eigenvalue weighted by molar-refractivity contribution is 0.477. The normalized spacial score (nSPS) is 10.6. The molecule has 0 heterocycles. The van der Waals surface area contributed by atoms with Crippen LogP contribution >= 0.6 is 46.4 Å². The Labute approximate surface area is 118 Å². The number of rotatable bonds is 1. The van der Waals surface area contributed by atoms with Crippen LogP contribution in [0, 0.1) is 0 Å². The maximum absolute atomic E-state index is 9.76. The number of phenolic OH excluding ortho intramolecular Hbond substituents is 1. The van der Waals surface area contributed by atoms with E-state index in [0.29, 0.717) is 31.2 Å². The number of hydrogen-bond acceptors (Lipinski definition) is 1. The van der Waals surface area contributed by atoms with Gasteiger partial charge >= 0.3 is 0 Å². The molecule has 0 aliphatic carbocycles. The zero-order valence-corrected chi connectivity index (χ0v) is 11.4. The quantitative estimate of drug-likeness (QED) is 0.673. The highest BCUT2D eigenvalue weighted by molar-refractivity contribution is 6.48. The minimum atomic E-state index is 0.101. The zero-order chi connectivity index (χ0) is 12.6. The van der Waals surface area contributed by atoms with Crippen molar-refractivity contribution in [2.75, 3.05) is 0 Å². The monoisotopic (exact) mass is 306 g/mol. The van der Waals surface area contributed by atoms with E-state index >= 15 is 0 Å². The maximum atomic E-state index is 9.76. The molecule has 0 aromatic heterocycles. The van der Waals surface area contributed by atoms with Gasteiger partial charge in [0.25, 0.3) is 0 Å². The first kappa shape index (κ1) is 12.8. The van der Waals surface area contributed by atoms with E-state index in [-0.39, 0.29) is 5.75 Å². The third-order valence-electron chi connectivity index (χ3n) is 2.25. The highest BCUT2D eigenvalue weighted by atomic mass is 35.5. The van der Waals surface area contributed by atoms with Gasteiger partial charge in [0.15, 0.2) is 0 Å². The van der Waals surface area contributed by atoms with E-state index in [1.807, 2.05) is 0 Å². The van der Waals surface area contributed by atoms with Crippen molar-refractivity contribution in [1.29, 1.82) is 0 Å². The van der Waals surface area contributed by atoms with E-state index in [0.717, 1.165) is 0 Å². The molecule has 0 atom stereocenters. The molecule has 0 amide bonds. The summed E-state index contributed by atoms with van der Waals surface area (Å²) in [7, 11) is 0. The fourth-order valence-electron chi connectivity index (χ4n) is 1.45. The molecular weight excluding hydrogens is 302 g/mol. The van der Waals surface area contributed by atoms with E-state index in [2.05, 4.69) is 0 Å². The molecule has 0 saturated heterocycles. The third-order valence-corrected chi connectivity index (χ3v) is 3.69. The maximum Gasteiger partial charge on any atom is 0.123 e. The number of benzene rings is 2. The van der Waals surface area contributed by atoms with E-state index in [9.17, 15) is 5.11 Å². The summed E-state index contributed by atoms with van der Waals surface area (Å²) in [6, 6.07) is 7.99. The summed E-state index contributed by atoms with van der Waals surface area (Å²) in [4.78, 5) is 0. The number of aromatic hydroxyl groups is 1. The summed E-state index contributed by atoms with van der Waals surface area (Å²) in [6.07, 6.45) is 0. The second-order valence-electron chi connectivity index (χ2n) is 3.42. The van der Waals surface area contributed by atoms with Gasteiger partial charge in [0, 0.05) is 10.6 Å². The van der Waals surface area contributed by atoms with Gasteiger partial charge in [-0.05, 0) is 35.9 Å². The van der Waals surface area contributed by atoms with E-state index < -0.39 is 0 Å². The molecule has 2 rings (SSSR count). The standard InChI is InChI=1S/C12H6Cl4O/c13-7-1-2-11(17)8(5-7)6-3-9(14)12(16)10(15)4-6/h1-5,17H. The van der Waals surface area contributed by atoms with Crippen molar-refractivity contribution < 1.29 is 5.11 Å². The topological polar surface area (TPSA) is 20.2 Å². The lowest BCUT2D eigenvalue weighted by atomic mass is 10.0. The van der Waals surface area contributed by atoms with Crippen LogP contribution in [0.25, 0.3) is 11.1 Å². The first-order chi connectivity index (χ1) is 7.99. The van der Waals surface area contributed by atoms with Crippen molar-refractivity contribution in [1.82, 2.24) is 0 Å². The van der Waals surface area contributed by atoms with Gasteiger partial charge < -0.3 is 5.11 Å². The van der Waals surface area contributed by atoms with E-state index in [4.69, 9.17) is 46.4 Å². The molecule has 1 nitrogen and oxygen atoms in total. The highest BCUT2D eigenvalue weighted by Crippen LogP contribution is 2.38. The first-order valence-electron chi connectivity index (χ1n) is 4.62. The number of hydrogen-bond donors (Lipinski definition) is 1. The Morgan fingerprint density at radius 1 is 0.824 bits per heavy atom. The van der Waals surface area contributed by atoms with Gasteiger partial charge in [-0.3, -0.25) is 0 Å². The summed E-state index contributed by atoms with van der Waals surface area (Å²) < 4.78 is 0. The smallest absolute Gasteiger partial charge is 0.123 e. The van der Waals surface area contributed by atoms with Gasteiger partial charge in [0.2, 0.25) is 0 Å². The molecule has 0 aliphatic heterocycles. The molecule has 0 aliphatic rings. The van der Waals surface area contributed by atoms with Crippen molar-refractivity contribution >= 4 is 46.4 Å². The molecule has 17 heavy (non-hydrogen) atoms. The summed E-state index contributed by atoms with van der Waals surface area (Å²) in [5, 5.41) is 11.2. The fraction of sp³-hybridized carbons (Fsp3) is 0. The van der Waals surface area contributed by atoms with Gasteiger partial charge in [-0.25, -0.2) is 0 Å². The average molecular weight is 308 g/mol. The molecule has 0 bridgehead atoms. The van der Waals surface area contributed by atoms with Crippen molar-refractivity contribution in [3.8, 4) is 16.9 Å². The number of phenols is 1. The van der Waals surface area contributed by atoms with Crippen molar-refractivity contribution in [3.05, 3.63) is 50.4 Å². The molecule has 0 fully saturated rings. The van der Waals surface area contributed by atoms with Crippen LogP contribution in [0.4, 0.5) is 0 Å². The Kier molecular flexibility index (Phi) is 3.74. The Balaban J connectivity index is 2.64.